The lowest BCUT2D eigenvalue weighted by Gasteiger charge is -2.00. The summed E-state index contributed by atoms with van der Waals surface area (Å²) >= 11 is 0.810. The molecular weight excluding hydrogens is 254 g/mol. The second kappa shape index (κ2) is 4.01. The van der Waals surface area contributed by atoms with Crippen molar-refractivity contribution in [3.8, 4) is 10.6 Å². The van der Waals surface area contributed by atoms with Crippen LogP contribution in [0, 0.1) is 21.7 Å². The number of hydrogen-bond acceptors (Lipinski definition) is 6. The fourth-order valence-electron chi connectivity index (χ4n) is 1.21. The summed E-state index contributed by atoms with van der Waals surface area (Å²) in [5.74, 6) is -2.09. The van der Waals surface area contributed by atoms with Crippen LogP contribution in [0.25, 0.3) is 10.6 Å². The Kier molecular flexibility index (Phi) is 2.68. The topological polar surface area (TPSA) is 94.9 Å². The number of nitro groups is 1. The molecule has 0 aliphatic heterocycles. The quantitative estimate of drug-likeness (QED) is 0.656. The van der Waals surface area contributed by atoms with E-state index in [0.717, 1.165) is 17.4 Å². The summed E-state index contributed by atoms with van der Waals surface area (Å²) in [6, 6.07) is 1.31. The zero-order valence-corrected chi connectivity index (χ0v) is 8.87. The molecule has 2 N–H and O–H groups in total. The van der Waals surface area contributed by atoms with Crippen molar-refractivity contribution in [1.82, 2.24) is 10.2 Å². The van der Waals surface area contributed by atoms with Gasteiger partial charge in [0.05, 0.1) is 16.6 Å². The normalized spacial score (nSPS) is 10.5. The molecule has 0 atom stereocenters. The summed E-state index contributed by atoms with van der Waals surface area (Å²) in [5, 5.41) is 17.5. The van der Waals surface area contributed by atoms with Crippen LogP contribution in [0.4, 0.5) is 19.6 Å². The van der Waals surface area contributed by atoms with E-state index in [1.54, 1.807) is 0 Å². The van der Waals surface area contributed by atoms with E-state index in [4.69, 9.17) is 5.73 Å². The van der Waals surface area contributed by atoms with Crippen molar-refractivity contribution in [3.05, 3.63) is 33.9 Å². The summed E-state index contributed by atoms with van der Waals surface area (Å²) in [7, 11) is 0. The van der Waals surface area contributed by atoms with E-state index >= 15 is 0 Å². The average Bonchev–Trinajstić information content (AvgIpc) is 2.67. The molecule has 17 heavy (non-hydrogen) atoms. The van der Waals surface area contributed by atoms with E-state index in [1.165, 1.54) is 0 Å². The smallest absolute Gasteiger partial charge is 0.308 e. The molecule has 2 aromatic rings. The highest BCUT2D eigenvalue weighted by Crippen LogP contribution is 2.32. The Morgan fingerprint density at radius 2 is 2.06 bits per heavy atom. The van der Waals surface area contributed by atoms with Gasteiger partial charge in [-0.15, -0.1) is 10.2 Å². The van der Waals surface area contributed by atoms with Gasteiger partial charge in [0, 0.05) is 0 Å². The van der Waals surface area contributed by atoms with Crippen LogP contribution in [0.2, 0.25) is 0 Å². The third-order valence-corrected chi connectivity index (χ3v) is 2.67. The van der Waals surface area contributed by atoms with Gasteiger partial charge in [-0.1, -0.05) is 11.3 Å². The van der Waals surface area contributed by atoms with Crippen molar-refractivity contribution >= 4 is 22.2 Å². The second-order valence-corrected chi connectivity index (χ2v) is 4.00. The maximum absolute atomic E-state index is 13.7. The summed E-state index contributed by atoms with van der Waals surface area (Å²) in [5.41, 5.74) is 4.02. The van der Waals surface area contributed by atoms with Crippen LogP contribution in [-0.2, 0) is 0 Å². The van der Waals surface area contributed by atoms with Gasteiger partial charge in [0.15, 0.2) is 5.01 Å². The second-order valence-electron chi connectivity index (χ2n) is 2.99. The first-order chi connectivity index (χ1) is 7.99. The molecular formula is C8H4F2N4O2S. The molecule has 6 nitrogen and oxygen atoms in total. The summed E-state index contributed by atoms with van der Waals surface area (Å²) in [6.07, 6.45) is 0. The van der Waals surface area contributed by atoms with Crippen LogP contribution in [0.1, 0.15) is 0 Å². The molecule has 0 saturated carbocycles. The third kappa shape index (κ3) is 2.04. The van der Waals surface area contributed by atoms with E-state index in [9.17, 15) is 18.9 Å². The number of hydrogen-bond donors (Lipinski definition) is 1. The van der Waals surface area contributed by atoms with E-state index < -0.39 is 22.2 Å². The molecule has 2 rings (SSSR count). The molecule has 1 heterocycles. The maximum Gasteiger partial charge on any atom is 0.308 e. The first-order valence-electron chi connectivity index (χ1n) is 4.22. The Hall–Kier alpha value is -2.16. The van der Waals surface area contributed by atoms with Gasteiger partial charge in [0.1, 0.15) is 5.82 Å². The summed E-state index contributed by atoms with van der Waals surface area (Å²) in [6.45, 7) is 0. The van der Waals surface area contributed by atoms with E-state index in [2.05, 4.69) is 10.2 Å². The highest BCUT2D eigenvalue weighted by Gasteiger charge is 2.22. The van der Waals surface area contributed by atoms with Crippen molar-refractivity contribution in [1.29, 1.82) is 0 Å². The Labute approximate surface area is 96.9 Å². The SMILES string of the molecule is Nc1nnc(-c2cc(F)cc([N+](=O)[O-])c2F)s1. The number of benzene rings is 1. The van der Waals surface area contributed by atoms with Gasteiger partial charge in [-0.05, 0) is 6.07 Å². The zero-order chi connectivity index (χ0) is 12.6. The molecule has 0 aliphatic rings. The minimum absolute atomic E-state index is 0.0115. The molecule has 0 amide bonds. The van der Waals surface area contributed by atoms with Crippen LogP contribution in [-0.4, -0.2) is 15.1 Å². The Morgan fingerprint density at radius 3 is 2.59 bits per heavy atom. The van der Waals surface area contributed by atoms with Gasteiger partial charge in [0.25, 0.3) is 0 Å². The predicted octanol–water partition coefficient (Wildman–Crippen LogP) is 1.97. The molecule has 1 aromatic carbocycles. The van der Waals surface area contributed by atoms with Crippen LogP contribution < -0.4 is 5.73 Å². The highest BCUT2D eigenvalue weighted by atomic mass is 32.1. The van der Waals surface area contributed by atoms with Crippen LogP contribution in [0.15, 0.2) is 12.1 Å². The molecule has 0 fully saturated rings. The van der Waals surface area contributed by atoms with Crippen molar-refractivity contribution in [2.75, 3.05) is 5.73 Å². The van der Waals surface area contributed by atoms with Crippen LogP contribution in [0.5, 0.6) is 0 Å². The number of anilines is 1. The number of nitro benzene ring substituents is 1. The minimum atomic E-state index is -1.16. The fourth-order valence-corrected chi connectivity index (χ4v) is 1.83. The number of nitrogens with two attached hydrogens (primary N) is 1. The maximum atomic E-state index is 13.7. The average molecular weight is 258 g/mol. The van der Waals surface area contributed by atoms with E-state index in [0.29, 0.717) is 6.07 Å². The molecule has 9 heteroatoms. The molecule has 0 bridgehead atoms. The molecule has 0 spiro atoms. The van der Waals surface area contributed by atoms with E-state index in [-0.39, 0.29) is 15.7 Å². The summed E-state index contributed by atoms with van der Waals surface area (Å²) < 4.78 is 26.8. The minimum Gasteiger partial charge on any atom is -0.374 e. The van der Waals surface area contributed by atoms with Crippen molar-refractivity contribution < 1.29 is 13.7 Å². The first kappa shape index (κ1) is 11.3. The van der Waals surface area contributed by atoms with Gasteiger partial charge in [-0.25, -0.2) is 4.39 Å². The monoisotopic (exact) mass is 258 g/mol. The van der Waals surface area contributed by atoms with Gasteiger partial charge in [0.2, 0.25) is 10.9 Å². The Bertz CT molecular complexity index is 601. The molecule has 0 unspecified atom stereocenters. The molecule has 0 saturated heterocycles. The largest absolute Gasteiger partial charge is 0.374 e. The lowest BCUT2D eigenvalue weighted by molar-refractivity contribution is -0.387. The Balaban J connectivity index is 2.66. The third-order valence-electron chi connectivity index (χ3n) is 1.89. The van der Waals surface area contributed by atoms with Crippen LogP contribution in [0.3, 0.4) is 0 Å². The fraction of sp³-hybridized carbons (Fsp3) is 0. The van der Waals surface area contributed by atoms with Crippen LogP contribution >= 0.6 is 11.3 Å². The van der Waals surface area contributed by atoms with E-state index in [1.807, 2.05) is 0 Å². The standard InChI is InChI=1S/C8H4F2N4O2S/c9-3-1-4(7-12-13-8(11)17-7)6(10)5(2-3)14(15)16/h1-2H,(H2,11,13). The van der Waals surface area contributed by atoms with Crippen molar-refractivity contribution in [2.24, 2.45) is 0 Å². The predicted molar refractivity (Wildman–Crippen MR) is 56.3 cm³/mol. The van der Waals surface area contributed by atoms with Gasteiger partial charge < -0.3 is 5.73 Å². The molecule has 88 valence electrons. The van der Waals surface area contributed by atoms with Gasteiger partial charge in [-0.3, -0.25) is 10.1 Å². The number of nitrogen functional groups attached to an aromatic ring is 1. The lowest BCUT2D eigenvalue weighted by Crippen LogP contribution is -1.96. The van der Waals surface area contributed by atoms with Crippen molar-refractivity contribution in [2.45, 2.75) is 0 Å². The van der Waals surface area contributed by atoms with Gasteiger partial charge in [-0.2, -0.15) is 4.39 Å². The lowest BCUT2D eigenvalue weighted by atomic mass is 10.2. The molecule has 1 aromatic heterocycles. The highest BCUT2D eigenvalue weighted by molar-refractivity contribution is 7.18. The Morgan fingerprint density at radius 1 is 1.35 bits per heavy atom. The number of nitrogens with zero attached hydrogens (tertiary/aromatic N) is 3. The molecule has 0 radical (unpaired) electrons. The number of aromatic nitrogens is 2. The van der Waals surface area contributed by atoms with Gasteiger partial charge >= 0.3 is 5.69 Å². The molecule has 0 aliphatic carbocycles. The number of rotatable bonds is 2. The number of halogens is 2. The first-order valence-corrected chi connectivity index (χ1v) is 5.03. The summed E-state index contributed by atoms with van der Waals surface area (Å²) in [4.78, 5) is 9.50. The van der Waals surface area contributed by atoms with Crippen molar-refractivity contribution in [3.63, 3.8) is 0 Å². The zero-order valence-electron chi connectivity index (χ0n) is 8.05.